The molecule has 0 bridgehead atoms. The van der Waals surface area contributed by atoms with Crippen molar-refractivity contribution in [1.29, 1.82) is 0 Å². The second-order valence-corrected chi connectivity index (χ2v) is 6.10. The molecule has 0 aromatic heterocycles. The van der Waals surface area contributed by atoms with Crippen LogP contribution in [0.4, 0.5) is 5.69 Å². The highest BCUT2D eigenvalue weighted by molar-refractivity contribution is 7.80. The number of ether oxygens (including phenoxy) is 1. The molecule has 1 saturated heterocycles. The Morgan fingerprint density at radius 1 is 1.30 bits per heavy atom. The molecule has 110 valence electrons. The van der Waals surface area contributed by atoms with E-state index in [1.165, 1.54) is 6.42 Å². The van der Waals surface area contributed by atoms with Crippen LogP contribution in [0.15, 0.2) is 24.3 Å². The van der Waals surface area contributed by atoms with Gasteiger partial charge in [0.15, 0.2) is 5.11 Å². The van der Waals surface area contributed by atoms with Crippen LogP contribution in [-0.2, 0) is 0 Å². The van der Waals surface area contributed by atoms with E-state index in [4.69, 9.17) is 17.0 Å². The zero-order valence-corrected chi connectivity index (χ0v) is 13.4. The van der Waals surface area contributed by atoms with Gasteiger partial charge in [-0.05, 0) is 49.5 Å². The minimum absolute atomic E-state index is 0.656. The largest absolute Gasteiger partial charge is 0.492 e. The summed E-state index contributed by atoms with van der Waals surface area (Å²) in [7, 11) is 0. The van der Waals surface area contributed by atoms with Gasteiger partial charge in [-0.15, -0.1) is 0 Å². The Labute approximate surface area is 127 Å². The molecule has 0 spiro atoms. The van der Waals surface area contributed by atoms with Gasteiger partial charge in [0.2, 0.25) is 0 Å². The molecule has 2 atom stereocenters. The van der Waals surface area contributed by atoms with E-state index in [0.29, 0.717) is 18.4 Å². The van der Waals surface area contributed by atoms with Gasteiger partial charge in [0.05, 0.1) is 12.3 Å². The van der Waals surface area contributed by atoms with Crippen LogP contribution in [0.1, 0.15) is 27.2 Å². The Morgan fingerprint density at radius 2 is 1.95 bits per heavy atom. The maximum Gasteiger partial charge on any atom is 0.173 e. The molecule has 4 heteroatoms. The lowest BCUT2D eigenvalue weighted by Crippen LogP contribution is -2.44. The molecule has 20 heavy (non-hydrogen) atoms. The quantitative estimate of drug-likeness (QED) is 0.857. The van der Waals surface area contributed by atoms with E-state index < -0.39 is 0 Å². The van der Waals surface area contributed by atoms with E-state index in [1.807, 2.05) is 31.2 Å². The normalized spacial score (nSPS) is 22.4. The van der Waals surface area contributed by atoms with Gasteiger partial charge in [-0.2, -0.15) is 0 Å². The Morgan fingerprint density at radius 3 is 2.60 bits per heavy atom. The molecule has 1 N–H and O–H groups in total. The molecule has 3 nitrogen and oxygen atoms in total. The highest BCUT2D eigenvalue weighted by Gasteiger charge is 2.23. The van der Waals surface area contributed by atoms with Crippen molar-refractivity contribution in [3.05, 3.63) is 24.3 Å². The van der Waals surface area contributed by atoms with E-state index in [-0.39, 0.29) is 0 Å². The van der Waals surface area contributed by atoms with Gasteiger partial charge in [0.1, 0.15) is 5.75 Å². The zero-order chi connectivity index (χ0) is 14.5. The van der Waals surface area contributed by atoms with Gasteiger partial charge < -0.3 is 15.0 Å². The Hall–Kier alpha value is -1.29. The lowest BCUT2D eigenvalue weighted by Gasteiger charge is -2.36. The SMILES string of the molecule is CCOc1ccccc1NC(=S)N1CC(C)CC(C)C1. The van der Waals surface area contributed by atoms with Crippen LogP contribution in [0.25, 0.3) is 0 Å². The van der Waals surface area contributed by atoms with E-state index in [2.05, 4.69) is 24.1 Å². The third kappa shape index (κ3) is 3.85. The zero-order valence-electron chi connectivity index (χ0n) is 12.6. The molecule has 0 saturated carbocycles. The number of thiocarbonyl (C=S) groups is 1. The average Bonchev–Trinajstić information content (AvgIpc) is 2.40. The summed E-state index contributed by atoms with van der Waals surface area (Å²) in [5.74, 6) is 2.25. The topological polar surface area (TPSA) is 24.5 Å². The van der Waals surface area contributed by atoms with Crippen LogP contribution in [0.3, 0.4) is 0 Å². The second-order valence-electron chi connectivity index (χ2n) is 5.71. The second kappa shape index (κ2) is 6.93. The maximum atomic E-state index is 5.63. The van der Waals surface area contributed by atoms with Crippen LogP contribution in [-0.4, -0.2) is 29.7 Å². The van der Waals surface area contributed by atoms with Crippen LogP contribution in [0, 0.1) is 11.8 Å². The molecule has 1 aromatic carbocycles. The first-order valence-electron chi connectivity index (χ1n) is 7.38. The van der Waals surface area contributed by atoms with Crippen molar-refractivity contribution < 1.29 is 4.74 Å². The lowest BCUT2D eigenvalue weighted by atomic mass is 9.92. The fourth-order valence-corrected chi connectivity index (χ4v) is 3.13. The summed E-state index contributed by atoms with van der Waals surface area (Å²) in [5, 5.41) is 4.14. The van der Waals surface area contributed by atoms with E-state index in [9.17, 15) is 0 Å². The molecule has 1 heterocycles. The summed E-state index contributed by atoms with van der Waals surface area (Å²) in [6.07, 6.45) is 1.29. The molecule has 2 rings (SSSR count). The van der Waals surface area contributed by atoms with E-state index >= 15 is 0 Å². The molecule has 0 amide bonds. The number of nitrogens with one attached hydrogen (secondary N) is 1. The molecule has 1 aromatic rings. The summed E-state index contributed by atoms with van der Waals surface area (Å²) >= 11 is 5.56. The molecular formula is C16H24N2OS. The monoisotopic (exact) mass is 292 g/mol. The van der Waals surface area contributed by atoms with Crippen molar-refractivity contribution in [3.63, 3.8) is 0 Å². The number of para-hydroxylation sites is 2. The van der Waals surface area contributed by atoms with Crippen LogP contribution in [0.2, 0.25) is 0 Å². The standard InChI is InChI=1S/C16H24N2OS/c1-4-19-15-8-6-5-7-14(15)17-16(20)18-10-12(2)9-13(3)11-18/h5-8,12-13H,4,9-11H2,1-3H3,(H,17,20). The smallest absolute Gasteiger partial charge is 0.173 e. The van der Waals surface area contributed by atoms with Gasteiger partial charge in [-0.25, -0.2) is 0 Å². The minimum Gasteiger partial charge on any atom is -0.492 e. The summed E-state index contributed by atoms with van der Waals surface area (Å²) in [5.41, 5.74) is 0.949. The highest BCUT2D eigenvalue weighted by Crippen LogP contribution is 2.26. The van der Waals surface area contributed by atoms with Crippen molar-refractivity contribution >= 4 is 23.0 Å². The number of nitrogens with zero attached hydrogens (tertiary/aromatic N) is 1. The Bertz CT molecular complexity index is 454. The van der Waals surface area contributed by atoms with Crippen molar-refractivity contribution in [3.8, 4) is 5.75 Å². The fraction of sp³-hybridized carbons (Fsp3) is 0.562. The van der Waals surface area contributed by atoms with Gasteiger partial charge in [0.25, 0.3) is 0 Å². The minimum atomic E-state index is 0.656. The first kappa shape index (κ1) is 15.1. The first-order chi connectivity index (χ1) is 9.60. The number of rotatable bonds is 3. The predicted octanol–water partition coefficient (Wildman–Crippen LogP) is 3.76. The summed E-state index contributed by atoms with van der Waals surface area (Å²) in [6.45, 7) is 9.30. The maximum absolute atomic E-state index is 5.63. The molecule has 0 radical (unpaired) electrons. The van der Waals surface area contributed by atoms with E-state index in [1.54, 1.807) is 0 Å². The molecule has 0 aliphatic carbocycles. The fourth-order valence-electron chi connectivity index (χ4n) is 2.87. The van der Waals surface area contributed by atoms with Crippen LogP contribution < -0.4 is 10.1 Å². The van der Waals surface area contributed by atoms with Crippen LogP contribution in [0.5, 0.6) is 5.75 Å². The third-order valence-electron chi connectivity index (χ3n) is 3.58. The van der Waals surface area contributed by atoms with Gasteiger partial charge in [-0.3, -0.25) is 0 Å². The summed E-state index contributed by atoms with van der Waals surface area (Å²) in [4.78, 5) is 2.27. The summed E-state index contributed by atoms with van der Waals surface area (Å²) in [6, 6.07) is 7.95. The van der Waals surface area contributed by atoms with Crippen LogP contribution >= 0.6 is 12.2 Å². The molecule has 1 aliphatic heterocycles. The number of benzene rings is 1. The van der Waals surface area contributed by atoms with Gasteiger partial charge >= 0.3 is 0 Å². The number of hydrogen-bond donors (Lipinski definition) is 1. The Balaban J connectivity index is 2.04. The number of hydrogen-bond acceptors (Lipinski definition) is 2. The van der Waals surface area contributed by atoms with Crippen molar-refractivity contribution in [2.45, 2.75) is 27.2 Å². The third-order valence-corrected chi connectivity index (χ3v) is 3.94. The van der Waals surface area contributed by atoms with Gasteiger partial charge in [0, 0.05) is 13.1 Å². The first-order valence-corrected chi connectivity index (χ1v) is 7.78. The number of piperidine rings is 1. The van der Waals surface area contributed by atoms with Gasteiger partial charge in [-0.1, -0.05) is 26.0 Å². The Kier molecular flexibility index (Phi) is 5.24. The number of likely N-dealkylation sites (tertiary alicyclic amines) is 1. The molecular weight excluding hydrogens is 268 g/mol. The van der Waals surface area contributed by atoms with E-state index in [0.717, 1.165) is 29.6 Å². The molecule has 1 aliphatic rings. The molecule has 2 unspecified atom stereocenters. The highest BCUT2D eigenvalue weighted by atomic mass is 32.1. The van der Waals surface area contributed by atoms with Crippen molar-refractivity contribution in [2.24, 2.45) is 11.8 Å². The predicted molar refractivity (Wildman–Crippen MR) is 88.3 cm³/mol. The van der Waals surface area contributed by atoms with Crippen molar-refractivity contribution in [1.82, 2.24) is 4.90 Å². The number of anilines is 1. The summed E-state index contributed by atoms with van der Waals surface area (Å²) < 4.78 is 5.63. The molecule has 1 fully saturated rings. The van der Waals surface area contributed by atoms with Crippen molar-refractivity contribution in [2.75, 3.05) is 25.0 Å². The average molecular weight is 292 g/mol. The lowest BCUT2D eigenvalue weighted by molar-refractivity contribution is 0.216.